The monoisotopic (exact) mass is 261 g/mol. The molecular formula is C14H16FN3O. The topological polar surface area (TPSA) is 47.0 Å². The van der Waals surface area contributed by atoms with Gasteiger partial charge in [-0.3, -0.25) is 0 Å². The Kier molecular flexibility index (Phi) is 4.28. The molecule has 0 aliphatic heterocycles. The summed E-state index contributed by atoms with van der Waals surface area (Å²) >= 11 is 0. The zero-order chi connectivity index (χ0) is 13.7. The lowest BCUT2D eigenvalue weighted by Crippen LogP contribution is -2.03. The Hall–Kier alpha value is -2.17. The zero-order valence-corrected chi connectivity index (χ0v) is 11.0. The minimum absolute atomic E-state index is 0.328. The second-order valence-corrected chi connectivity index (χ2v) is 4.08. The molecule has 0 amide bonds. The first-order chi connectivity index (χ1) is 9.24. The molecule has 1 heterocycles. The summed E-state index contributed by atoms with van der Waals surface area (Å²) in [6.07, 6.45) is 1.02. The van der Waals surface area contributed by atoms with E-state index in [0.29, 0.717) is 22.8 Å². The van der Waals surface area contributed by atoms with Gasteiger partial charge >= 0.3 is 0 Å². The van der Waals surface area contributed by atoms with Crippen LogP contribution in [-0.4, -0.2) is 23.9 Å². The minimum Gasteiger partial charge on any atom is -0.496 e. The molecule has 0 spiro atoms. The average Bonchev–Trinajstić information content (AvgIpc) is 2.45. The Morgan fingerprint density at radius 1 is 1.21 bits per heavy atom. The van der Waals surface area contributed by atoms with Gasteiger partial charge in [-0.15, -0.1) is 10.2 Å². The van der Waals surface area contributed by atoms with Gasteiger partial charge in [-0.25, -0.2) is 4.39 Å². The van der Waals surface area contributed by atoms with Crippen LogP contribution in [0.5, 0.6) is 5.75 Å². The summed E-state index contributed by atoms with van der Waals surface area (Å²) in [6.45, 7) is 2.92. The van der Waals surface area contributed by atoms with E-state index in [1.165, 1.54) is 12.1 Å². The molecule has 4 nitrogen and oxygen atoms in total. The first kappa shape index (κ1) is 13.3. The number of aromatic nitrogens is 2. The fraction of sp³-hybridized carbons (Fsp3) is 0.286. The first-order valence-electron chi connectivity index (χ1n) is 6.16. The quantitative estimate of drug-likeness (QED) is 0.898. The van der Waals surface area contributed by atoms with Crippen molar-refractivity contribution in [1.29, 1.82) is 0 Å². The number of benzene rings is 1. The van der Waals surface area contributed by atoms with Gasteiger partial charge in [-0.2, -0.15) is 0 Å². The highest BCUT2D eigenvalue weighted by atomic mass is 19.1. The van der Waals surface area contributed by atoms with Crippen LogP contribution in [0.15, 0.2) is 30.3 Å². The third-order valence-electron chi connectivity index (χ3n) is 2.66. The fourth-order valence-electron chi connectivity index (χ4n) is 1.70. The van der Waals surface area contributed by atoms with Crippen LogP contribution in [0.1, 0.15) is 13.3 Å². The number of nitrogens with one attached hydrogen (secondary N) is 1. The summed E-state index contributed by atoms with van der Waals surface area (Å²) in [7, 11) is 1.54. The summed E-state index contributed by atoms with van der Waals surface area (Å²) < 4.78 is 18.5. The number of hydrogen-bond donors (Lipinski definition) is 1. The second-order valence-electron chi connectivity index (χ2n) is 4.08. The number of halogens is 1. The second kappa shape index (κ2) is 6.13. The van der Waals surface area contributed by atoms with Gasteiger partial charge in [-0.1, -0.05) is 6.92 Å². The van der Waals surface area contributed by atoms with Crippen LogP contribution in [0.3, 0.4) is 0 Å². The summed E-state index contributed by atoms with van der Waals surface area (Å²) in [4.78, 5) is 0. The van der Waals surface area contributed by atoms with Gasteiger partial charge < -0.3 is 10.1 Å². The molecule has 100 valence electrons. The van der Waals surface area contributed by atoms with Crippen LogP contribution in [0.4, 0.5) is 10.2 Å². The van der Waals surface area contributed by atoms with E-state index >= 15 is 0 Å². The van der Waals surface area contributed by atoms with E-state index in [4.69, 9.17) is 4.74 Å². The molecule has 5 heteroatoms. The van der Waals surface area contributed by atoms with Crippen LogP contribution in [0.2, 0.25) is 0 Å². The van der Waals surface area contributed by atoms with Gasteiger partial charge in [0, 0.05) is 12.1 Å². The number of anilines is 1. The molecule has 0 aliphatic carbocycles. The van der Waals surface area contributed by atoms with E-state index in [9.17, 15) is 4.39 Å². The molecule has 0 atom stereocenters. The number of ether oxygens (including phenoxy) is 1. The molecule has 0 saturated carbocycles. The van der Waals surface area contributed by atoms with Gasteiger partial charge in [0.2, 0.25) is 0 Å². The SMILES string of the molecule is CCCNc1ccc(-c2cc(F)ccc2OC)nn1. The van der Waals surface area contributed by atoms with Gasteiger partial charge in [0.25, 0.3) is 0 Å². The third kappa shape index (κ3) is 3.19. The normalized spacial score (nSPS) is 10.3. The van der Waals surface area contributed by atoms with Crippen molar-refractivity contribution in [1.82, 2.24) is 10.2 Å². The molecule has 0 fully saturated rings. The van der Waals surface area contributed by atoms with Gasteiger partial charge in [0.1, 0.15) is 17.4 Å². The molecule has 2 rings (SSSR count). The molecule has 0 saturated heterocycles. The summed E-state index contributed by atoms with van der Waals surface area (Å²) in [5.41, 5.74) is 1.18. The maximum atomic E-state index is 13.3. The van der Waals surface area contributed by atoms with E-state index in [0.717, 1.165) is 13.0 Å². The average molecular weight is 261 g/mol. The number of nitrogens with zero attached hydrogens (tertiary/aromatic N) is 2. The van der Waals surface area contributed by atoms with Crippen LogP contribution in [-0.2, 0) is 0 Å². The van der Waals surface area contributed by atoms with Gasteiger partial charge in [0.15, 0.2) is 0 Å². The molecule has 0 bridgehead atoms. The lowest BCUT2D eigenvalue weighted by atomic mass is 10.1. The maximum Gasteiger partial charge on any atom is 0.148 e. The molecule has 19 heavy (non-hydrogen) atoms. The summed E-state index contributed by atoms with van der Waals surface area (Å²) in [5.74, 6) is 0.955. The molecule has 1 aromatic heterocycles. The van der Waals surface area contributed by atoms with E-state index < -0.39 is 0 Å². The molecular weight excluding hydrogens is 245 g/mol. The lowest BCUT2D eigenvalue weighted by molar-refractivity contribution is 0.415. The standard InChI is InChI=1S/C14H16FN3O/c1-3-8-16-14-7-5-12(17-18-14)11-9-10(15)4-6-13(11)19-2/h4-7,9H,3,8H2,1-2H3,(H,16,18). The molecule has 0 aliphatic rings. The number of hydrogen-bond acceptors (Lipinski definition) is 4. The Labute approximate surface area is 111 Å². The van der Waals surface area contributed by atoms with E-state index in [1.807, 2.05) is 6.07 Å². The van der Waals surface area contributed by atoms with Crippen LogP contribution < -0.4 is 10.1 Å². The van der Waals surface area contributed by atoms with Crippen molar-refractivity contribution in [3.63, 3.8) is 0 Å². The predicted molar refractivity (Wildman–Crippen MR) is 72.8 cm³/mol. The Balaban J connectivity index is 2.29. The fourth-order valence-corrected chi connectivity index (χ4v) is 1.70. The largest absolute Gasteiger partial charge is 0.496 e. The molecule has 2 aromatic rings. The van der Waals surface area contributed by atoms with Gasteiger partial charge in [-0.05, 0) is 36.8 Å². The maximum absolute atomic E-state index is 13.3. The van der Waals surface area contributed by atoms with Crippen LogP contribution in [0, 0.1) is 5.82 Å². The summed E-state index contributed by atoms with van der Waals surface area (Å²) in [6, 6.07) is 7.94. The van der Waals surface area contributed by atoms with Crippen molar-refractivity contribution < 1.29 is 9.13 Å². The predicted octanol–water partition coefficient (Wildman–Crippen LogP) is 3.11. The molecule has 0 radical (unpaired) electrons. The Bertz CT molecular complexity index is 543. The first-order valence-corrected chi connectivity index (χ1v) is 6.16. The Morgan fingerprint density at radius 3 is 2.68 bits per heavy atom. The van der Waals surface area contributed by atoms with Crippen molar-refractivity contribution in [2.24, 2.45) is 0 Å². The third-order valence-corrected chi connectivity index (χ3v) is 2.66. The smallest absolute Gasteiger partial charge is 0.148 e. The van der Waals surface area contributed by atoms with E-state index in [1.54, 1.807) is 19.2 Å². The molecule has 0 unspecified atom stereocenters. The highest BCUT2D eigenvalue weighted by Gasteiger charge is 2.09. The highest BCUT2D eigenvalue weighted by molar-refractivity contribution is 5.67. The van der Waals surface area contributed by atoms with Gasteiger partial charge in [0.05, 0.1) is 12.8 Å². The number of rotatable bonds is 5. The molecule has 1 N–H and O–H groups in total. The van der Waals surface area contributed by atoms with Crippen LogP contribution in [0.25, 0.3) is 11.3 Å². The van der Waals surface area contributed by atoms with Crippen LogP contribution >= 0.6 is 0 Å². The van der Waals surface area contributed by atoms with E-state index in [2.05, 4.69) is 22.4 Å². The van der Waals surface area contributed by atoms with E-state index in [-0.39, 0.29) is 5.82 Å². The summed E-state index contributed by atoms with van der Waals surface area (Å²) in [5, 5.41) is 11.3. The van der Waals surface area contributed by atoms with Crippen molar-refractivity contribution in [2.45, 2.75) is 13.3 Å². The molecule has 1 aromatic carbocycles. The lowest BCUT2D eigenvalue weighted by Gasteiger charge is -2.08. The van der Waals surface area contributed by atoms with Crippen molar-refractivity contribution in [2.75, 3.05) is 19.0 Å². The highest BCUT2D eigenvalue weighted by Crippen LogP contribution is 2.29. The van der Waals surface area contributed by atoms with Crippen molar-refractivity contribution in [3.8, 4) is 17.0 Å². The number of methoxy groups -OCH3 is 1. The minimum atomic E-state index is -0.328. The van der Waals surface area contributed by atoms with Crippen molar-refractivity contribution >= 4 is 5.82 Å². The zero-order valence-electron chi connectivity index (χ0n) is 11.0. The Morgan fingerprint density at radius 2 is 2.05 bits per heavy atom. The van der Waals surface area contributed by atoms with Crippen molar-refractivity contribution in [3.05, 3.63) is 36.1 Å².